The van der Waals surface area contributed by atoms with E-state index in [-0.39, 0.29) is 0 Å². The first-order chi connectivity index (χ1) is 7.33. The van der Waals surface area contributed by atoms with Crippen molar-refractivity contribution in [1.82, 2.24) is 14.1 Å². The van der Waals surface area contributed by atoms with Crippen LogP contribution in [-0.4, -0.2) is 14.1 Å². The van der Waals surface area contributed by atoms with E-state index in [9.17, 15) is 0 Å². The van der Waals surface area contributed by atoms with Crippen LogP contribution in [0.15, 0.2) is 31.0 Å². The number of hydrogen-bond donors (Lipinski definition) is 1. The minimum absolute atomic E-state index is 0.597. The average Bonchev–Trinajstić information content (AvgIpc) is 2.87. The zero-order valence-electron chi connectivity index (χ0n) is 8.93. The van der Waals surface area contributed by atoms with E-state index in [1.807, 2.05) is 18.6 Å². The van der Waals surface area contributed by atoms with E-state index in [0.29, 0.717) is 6.54 Å². The van der Waals surface area contributed by atoms with Crippen LogP contribution in [0.5, 0.6) is 0 Å². The quantitative estimate of drug-likeness (QED) is 0.813. The summed E-state index contributed by atoms with van der Waals surface area (Å²) >= 11 is 0. The van der Waals surface area contributed by atoms with Crippen LogP contribution in [0.3, 0.4) is 0 Å². The van der Waals surface area contributed by atoms with Crippen molar-refractivity contribution in [2.75, 3.05) is 0 Å². The van der Waals surface area contributed by atoms with Crippen LogP contribution in [0.2, 0.25) is 0 Å². The second-order valence-corrected chi connectivity index (χ2v) is 3.57. The summed E-state index contributed by atoms with van der Waals surface area (Å²) < 4.78 is 4.27. The summed E-state index contributed by atoms with van der Waals surface area (Å²) in [6.07, 6.45) is 7.90. The van der Waals surface area contributed by atoms with Gasteiger partial charge >= 0.3 is 0 Å². The molecule has 0 unspecified atom stereocenters. The number of nitrogens with zero attached hydrogens (tertiary/aromatic N) is 3. The molecule has 0 spiro atoms. The molecule has 80 valence electrons. The normalized spacial score (nSPS) is 10.8. The minimum Gasteiger partial charge on any atom is -0.348 e. The lowest BCUT2D eigenvalue weighted by molar-refractivity contribution is 0.670. The van der Waals surface area contributed by atoms with Crippen molar-refractivity contribution in [2.45, 2.75) is 26.6 Å². The molecule has 4 heteroatoms. The van der Waals surface area contributed by atoms with Gasteiger partial charge in [0.15, 0.2) is 0 Å². The number of aryl methyl sites for hydroxylation is 1. The smallest absolute Gasteiger partial charge is 0.0948 e. The van der Waals surface area contributed by atoms with Crippen LogP contribution in [0.4, 0.5) is 0 Å². The van der Waals surface area contributed by atoms with Gasteiger partial charge in [-0.15, -0.1) is 0 Å². The van der Waals surface area contributed by atoms with Gasteiger partial charge in [-0.05, 0) is 18.6 Å². The van der Waals surface area contributed by atoms with Gasteiger partial charge in [-0.3, -0.25) is 0 Å². The molecule has 2 aromatic rings. The largest absolute Gasteiger partial charge is 0.348 e. The maximum absolute atomic E-state index is 5.56. The van der Waals surface area contributed by atoms with Crippen molar-refractivity contribution in [3.8, 4) is 0 Å². The Morgan fingerprint density at radius 2 is 2.33 bits per heavy atom. The van der Waals surface area contributed by atoms with E-state index in [2.05, 4.69) is 33.4 Å². The molecular weight excluding hydrogens is 188 g/mol. The standard InChI is InChI=1S/C11H16N4/c1-2-15-9-13-6-11(15)8-14-4-3-10(5-12)7-14/h3-4,6-7,9H,2,5,8,12H2,1H3. The van der Waals surface area contributed by atoms with Crippen LogP contribution in [0, 0.1) is 0 Å². The van der Waals surface area contributed by atoms with Crippen LogP contribution < -0.4 is 5.73 Å². The fourth-order valence-corrected chi connectivity index (χ4v) is 1.66. The lowest BCUT2D eigenvalue weighted by Crippen LogP contribution is -2.04. The summed E-state index contributed by atoms with van der Waals surface area (Å²) in [4.78, 5) is 4.14. The third-order valence-corrected chi connectivity index (χ3v) is 2.53. The molecule has 0 radical (unpaired) electrons. The lowest BCUT2D eigenvalue weighted by Gasteiger charge is -2.05. The minimum atomic E-state index is 0.597. The van der Waals surface area contributed by atoms with Crippen LogP contribution in [0.25, 0.3) is 0 Å². The molecule has 2 rings (SSSR count). The molecule has 0 bridgehead atoms. The zero-order chi connectivity index (χ0) is 10.7. The van der Waals surface area contributed by atoms with Gasteiger partial charge in [0, 0.05) is 31.7 Å². The molecule has 4 nitrogen and oxygen atoms in total. The van der Waals surface area contributed by atoms with E-state index in [4.69, 9.17) is 5.73 Å². The number of imidazole rings is 1. The monoisotopic (exact) mass is 204 g/mol. The molecule has 0 atom stereocenters. The Balaban J connectivity index is 2.14. The SMILES string of the molecule is CCn1cncc1Cn1ccc(CN)c1. The maximum atomic E-state index is 5.56. The molecule has 2 N–H and O–H groups in total. The van der Waals surface area contributed by atoms with Gasteiger partial charge in [-0.25, -0.2) is 4.98 Å². The molecule has 0 saturated carbocycles. The van der Waals surface area contributed by atoms with Gasteiger partial charge in [0.1, 0.15) is 0 Å². The van der Waals surface area contributed by atoms with Crippen LogP contribution >= 0.6 is 0 Å². The Kier molecular flexibility index (Phi) is 2.87. The fraction of sp³-hybridized carbons (Fsp3) is 0.364. The van der Waals surface area contributed by atoms with Crippen LogP contribution in [-0.2, 0) is 19.6 Å². The van der Waals surface area contributed by atoms with Crippen molar-refractivity contribution >= 4 is 0 Å². The van der Waals surface area contributed by atoms with Gasteiger partial charge in [0.25, 0.3) is 0 Å². The average molecular weight is 204 g/mol. The second kappa shape index (κ2) is 4.31. The molecule has 0 amide bonds. The van der Waals surface area contributed by atoms with Crippen molar-refractivity contribution < 1.29 is 0 Å². The Morgan fingerprint density at radius 3 is 3.00 bits per heavy atom. The Labute approximate surface area is 89.3 Å². The van der Waals surface area contributed by atoms with Gasteiger partial charge in [0.2, 0.25) is 0 Å². The first-order valence-electron chi connectivity index (χ1n) is 5.17. The van der Waals surface area contributed by atoms with E-state index in [1.54, 1.807) is 0 Å². The highest BCUT2D eigenvalue weighted by Crippen LogP contribution is 2.05. The molecule has 0 fully saturated rings. The van der Waals surface area contributed by atoms with Gasteiger partial charge in [0.05, 0.1) is 18.6 Å². The Morgan fingerprint density at radius 1 is 1.47 bits per heavy atom. The first-order valence-corrected chi connectivity index (χ1v) is 5.17. The van der Waals surface area contributed by atoms with E-state index >= 15 is 0 Å². The first kappa shape index (κ1) is 9.98. The number of nitrogens with two attached hydrogens (primary N) is 1. The van der Waals surface area contributed by atoms with Gasteiger partial charge in [-0.1, -0.05) is 0 Å². The number of aromatic nitrogens is 3. The Hall–Kier alpha value is -1.55. The van der Waals surface area contributed by atoms with E-state index in [1.165, 1.54) is 5.69 Å². The molecule has 0 aliphatic rings. The van der Waals surface area contributed by atoms with Crippen molar-refractivity contribution in [1.29, 1.82) is 0 Å². The van der Waals surface area contributed by atoms with Crippen molar-refractivity contribution in [3.63, 3.8) is 0 Å². The summed E-state index contributed by atoms with van der Waals surface area (Å²) in [6.45, 7) is 4.53. The highest BCUT2D eigenvalue weighted by Gasteiger charge is 2.01. The summed E-state index contributed by atoms with van der Waals surface area (Å²) in [5.74, 6) is 0. The molecular formula is C11H16N4. The highest BCUT2D eigenvalue weighted by atomic mass is 15.1. The number of hydrogen-bond acceptors (Lipinski definition) is 2. The van der Waals surface area contributed by atoms with Crippen molar-refractivity contribution in [2.24, 2.45) is 5.73 Å². The summed E-state index contributed by atoms with van der Waals surface area (Å²) in [5.41, 5.74) is 7.95. The zero-order valence-corrected chi connectivity index (χ0v) is 8.93. The maximum Gasteiger partial charge on any atom is 0.0948 e. The third kappa shape index (κ3) is 2.10. The fourth-order valence-electron chi connectivity index (χ4n) is 1.66. The Bertz CT molecular complexity index is 427. The van der Waals surface area contributed by atoms with E-state index < -0.39 is 0 Å². The number of rotatable bonds is 4. The summed E-state index contributed by atoms with van der Waals surface area (Å²) in [5, 5.41) is 0. The lowest BCUT2D eigenvalue weighted by atomic mass is 10.3. The summed E-state index contributed by atoms with van der Waals surface area (Å²) in [6, 6.07) is 2.05. The van der Waals surface area contributed by atoms with Crippen molar-refractivity contribution in [3.05, 3.63) is 42.2 Å². The molecule has 0 aromatic carbocycles. The second-order valence-electron chi connectivity index (χ2n) is 3.57. The molecule has 0 saturated heterocycles. The molecule has 0 aliphatic carbocycles. The highest BCUT2D eigenvalue weighted by molar-refractivity contribution is 5.11. The molecule has 15 heavy (non-hydrogen) atoms. The van der Waals surface area contributed by atoms with Crippen LogP contribution in [0.1, 0.15) is 18.2 Å². The third-order valence-electron chi connectivity index (χ3n) is 2.53. The topological polar surface area (TPSA) is 48.8 Å². The van der Waals surface area contributed by atoms with Gasteiger partial charge in [-0.2, -0.15) is 0 Å². The predicted octanol–water partition coefficient (Wildman–Crippen LogP) is 1.21. The van der Waals surface area contributed by atoms with Gasteiger partial charge < -0.3 is 14.9 Å². The molecule has 2 heterocycles. The predicted molar refractivity (Wildman–Crippen MR) is 59.3 cm³/mol. The molecule has 2 aromatic heterocycles. The molecule has 0 aliphatic heterocycles. The van der Waals surface area contributed by atoms with E-state index in [0.717, 1.165) is 18.7 Å². The summed E-state index contributed by atoms with van der Waals surface area (Å²) in [7, 11) is 0.